The van der Waals surface area contributed by atoms with Crippen LogP contribution in [0, 0.1) is 0 Å². The zero-order valence-electron chi connectivity index (χ0n) is 9.77. The minimum atomic E-state index is -0.104. The van der Waals surface area contributed by atoms with Crippen molar-refractivity contribution in [2.75, 3.05) is 11.5 Å². The molecular formula is C14H9BrClNO2. The van der Waals surface area contributed by atoms with Gasteiger partial charge in [0.05, 0.1) is 5.69 Å². The van der Waals surface area contributed by atoms with Gasteiger partial charge in [-0.2, -0.15) is 0 Å². The summed E-state index contributed by atoms with van der Waals surface area (Å²) in [5.41, 5.74) is 1.50. The molecule has 1 amide bonds. The monoisotopic (exact) mass is 337 g/mol. The second kappa shape index (κ2) is 4.87. The Kier molecular flexibility index (Phi) is 3.21. The third kappa shape index (κ3) is 2.33. The SMILES string of the molecule is O=C1COc2ccc(Br)cc2N1c1ccc(Cl)cc1. The van der Waals surface area contributed by atoms with Crippen LogP contribution in [0.2, 0.25) is 5.02 Å². The molecule has 0 fully saturated rings. The molecule has 19 heavy (non-hydrogen) atoms. The van der Waals surface area contributed by atoms with Crippen molar-refractivity contribution in [3.05, 3.63) is 52.0 Å². The van der Waals surface area contributed by atoms with Gasteiger partial charge in [-0.15, -0.1) is 0 Å². The molecule has 2 aromatic rings. The summed E-state index contributed by atoms with van der Waals surface area (Å²) in [6, 6.07) is 12.7. The number of hydrogen-bond donors (Lipinski definition) is 0. The van der Waals surface area contributed by atoms with E-state index >= 15 is 0 Å². The second-order valence-corrected chi connectivity index (χ2v) is 5.46. The van der Waals surface area contributed by atoms with Crippen LogP contribution in [0.1, 0.15) is 0 Å². The van der Waals surface area contributed by atoms with Crippen LogP contribution in [0.4, 0.5) is 11.4 Å². The van der Waals surface area contributed by atoms with Crippen molar-refractivity contribution < 1.29 is 9.53 Å². The average molecular weight is 339 g/mol. The lowest BCUT2D eigenvalue weighted by Crippen LogP contribution is -2.35. The minimum absolute atomic E-state index is 0.0389. The van der Waals surface area contributed by atoms with Crippen LogP contribution in [0.3, 0.4) is 0 Å². The Morgan fingerprint density at radius 3 is 2.63 bits per heavy atom. The van der Waals surface area contributed by atoms with Gasteiger partial charge < -0.3 is 4.74 Å². The van der Waals surface area contributed by atoms with Crippen LogP contribution < -0.4 is 9.64 Å². The first-order valence-corrected chi connectivity index (χ1v) is 6.83. The Morgan fingerprint density at radius 1 is 1.16 bits per heavy atom. The van der Waals surface area contributed by atoms with Crippen molar-refractivity contribution in [1.82, 2.24) is 0 Å². The summed E-state index contributed by atoms with van der Waals surface area (Å²) in [4.78, 5) is 13.7. The first-order chi connectivity index (χ1) is 9.15. The zero-order chi connectivity index (χ0) is 13.4. The molecule has 0 N–H and O–H groups in total. The largest absolute Gasteiger partial charge is 0.482 e. The molecule has 1 heterocycles. The van der Waals surface area contributed by atoms with Crippen molar-refractivity contribution in [2.24, 2.45) is 0 Å². The smallest absolute Gasteiger partial charge is 0.269 e. The van der Waals surface area contributed by atoms with Gasteiger partial charge in [-0.3, -0.25) is 9.69 Å². The third-order valence-electron chi connectivity index (χ3n) is 2.85. The Morgan fingerprint density at radius 2 is 1.89 bits per heavy atom. The average Bonchev–Trinajstić information content (AvgIpc) is 2.40. The lowest BCUT2D eigenvalue weighted by molar-refractivity contribution is -0.120. The zero-order valence-corrected chi connectivity index (χ0v) is 12.1. The fraction of sp³-hybridized carbons (Fsp3) is 0.0714. The molecule has 3 rings (SSSR count). The number of amides is 1. The van der Waals surface area contributed by atoms with Gasteiger partial charge in [-0.1, -0.05) is 27.5 Å². The predicted octanol–water partition coefficient (Wildman–Crippen LogP) is 4.16. The lowest BCUT2D eigenvalue weighted by Gasteiger charge is -2.29. The molecule has 96 valence electrons. The number of nitrogens with zero attached hydrogens (tertiary/aromatic N) is 1. The summed E-state index contributed by atoms with van der Waals surface area (Å²) in [6.07, 6.45) is 0. The molecule has 1 aliphatic heterocycles. The maximum atomic E-state index is 12.1. The fourth-order valence-corrected chi connectivity index (χ4v) is 2.47. The van der Waals surface area contributed by atoms with Gasteiger partial charge in [0.1, 0.15) is 5.75 Å². The molecular weight excluding hydrogens is 330 g/mol. The lowest BCUT2D eigenvalue weighted by atomic mass is 10.2. The van der Waals surface area contributed by atoms with E-state index in [-0.39, 0.29) is 12.5 Å². The Bertz CT molecular complexity index is 642. The number of carbonyl (C=O) groups excluding carboxylic acids is 1. The van der Waals surface area contributed by atoms with Gasteiger partial charge in [-0.05, 0) is 42.5 Å². The van der Waals surface area contributed by atoms with Crippen LogP contribution in [0.25, 0.3) is 0 Å². The van der Waals surface area contributed by atoms with Crippen molar-refractivity contribution in [3.63, 3.8) is 0 Å². The van der Waals surface area contributed by atoms with Crippen molar-refractivity contribution in [2.45, 2.75) is 0 Å². The predicted molar refractivity (Wildman–Crippen MR) is 78.2 cm³/mol. The van der Waals surface area contributed by atoms with E-state index in [9.17, 15) is 4.79 Å². The van der Waals surface area contributed by atoms with Gasteiger partial charge in [-0.25, -0.2) is 0 Å². The molecule has 3 nitrogen and oxygen atoms in total. The summed E-state index contributed by atoms with van der Waals surface area (Å²) in [5.74, 6) is 0.589. The Hall–Kier alpha value is -1.52. The van der Waals surface area contributed by atoms with Crippen molar-refractivity contribution in [1.29, 1.82) is 0 Å². The highest BCUT2D eigenvalue weighted by Crippen LogP contribution is 2.39. The summed E-state index contributed by atoms with van der Waals surface area (Å²) in [5, 5.41) is 0.638. The molecule has 0 spiro atoms. The standard InChI is InChI=1S/C14H9BrClNO2/c15-9-1-6-13-12(7-9)17(14(18)8-19-13)11-4-2-10(16)3-5-11/h1-7H,8H2. The number of rotatable bonds is 1. The quantitative estimate of drug-likeness (QED) is 0.781. The van der Waals surface area contributed by atoms with E-state index in [1.165, 1.54) is 0 Å². The van der Waals surface area contributed by atoms with Crippen LogP contribution in [-0.2, 0) is 4.79 Å². The molecule has 2 aromatic carbocycles. The highest BCUT2D eigenvalue weighted by atomic mass is 79.9. The number of carbonyl (C=O) groups is 1. The van der Waals surface area contributed by atoms with E-state index in [2.05, 4.69) is 15.9 Å². The number of benzene rings is 2. The van der Waals surface area contributed by atoms with E-state index in [1.807, 2.05) is 30.3 Å². The van der Waals surface area contributed by atoms with E-state index < -0.39 is 0 Å². The molecule has 0 radical (unpaired) electrons. The number of ether oxygens (including phenoxy) is 1. The van der Waals surface area contributed by atoms with Gasteiger partial charge >= 0.3 is 0 Å². The maximum absolute atomic E-state index is 12.1. The molecule has 0 atom stereocenters. The van der Waals surface area contributed by atoms with E-state index in [4.69, 9.17) is 16.3 Å². The molecule has 0 saturated heterocycles. The maximum Gasteiger partial charge on any atom is 0.269 e. The Labute approximate surface area is 123 Å². The first-order valence-electron chi connectivity index (χ1n) is 5.66. The molecule has 0 aromatic heterocycles. The molecule has 0 bridgehead atoms. The van der Waals surface area contributed by atoms with E-state index in [0.717, 1.165) is 15.8 Å². The first kappa shape index (κ1) is 12.5. The molecule has 1 aliphatic rings. The van der Waals surface area contributed by atoms with Gasteiger partial charge in [0.25, 0.3) is 5.91 Å². The van der Waals surface area contributed by atoms with Crippen LogP contribution in [0.5, 0.6) is 5.75 Å². The summed E-state index contributed by atoms with van der Waals surface area (Å²) >= 11 is 9.28. The second-order valence-electron chi connectivity index (χ2n) is 4.11. The van der Waals surface area contributed by atoms with Gasteiger partial charge in [0.15, 0.2) is 6.61 Å². The Balaban J connectivity index is 2.12. The fourth-order valence-electron chi connectivity index (χ4n) is 2.00. The minimum Gasteiger partial charge on any atom is -0.482 e. The highest BCUT2D eigenvalue weighted by molar-refractivity contribution is 9.10. The molecule has 5 heteroatoms. The topological polar surface area (TPSA) is 29.5 Å². The van der Waals surface area contributed by atoms with E-state index in [0.29, 0.717) is 10.8 Å². The molecule has 0 aliphatic carbocycles. The van der Waals surface area contributed by atoms with Crippen LogP contribution in [0.15, 0.2) is 46.9 Å². The van der Waals surface area contributed by atoms with E-state index in [1.54, 1.807) is 17.0 Å². The molecule has 0 saturated carbocycles. The van der Waals surface area contributed by atoms with Crippen LogP contribution >= 0.6 is 27.5 Å². The molecule has 0 unspecified atom stereocenters. The summed E-state index contributed by atoms with van der Waals surface area (Å²) < 4.78 is 6.32. The third-order valence-corrected chi connectivity index (χ3v) is 3.59. The number of halogens is 2. The van der Waals surface area contributed by atoms with Gasteiger partial charge in [0, 0.05) is 15.2 Å². The highest BCUT2D eigenvalue weighted by Gasteiger charge is 2.26. The van der Waals surface area contributed by atoms with Crippen molar-refractivity contribution >= 4 is 44.8 Å². The number of fused-ring (bicyclic) bond motifs is 1. The number of anilines is 2. The summed E-state index contributed by atoms with van der Waals surface area (Å²) in [7, 11) is 0. The van der Waals surface area contributed by atoms with Crippen molar-refractivity contribution in [3.8, 4) is 5.75 Å². The normalized spacial score (nSPS) is 14.0. The number of hydrogen-bond acceptors (Lipinski definition) is 2. The van der Waals surface area contributed by atoms with Gasteiger partial charge in [0.2, 0.25) is 0 Å². The van der Waals surface area contributed by atoms with Crippen LogP contribution in [-0.4, -0.2) is 12.5 Å². The summed E-state index contributed by atoms with van der Waals surface area (Å²) in [6.45, 7) is 0.0389.